The van der Waals surface area contributed by atoms with Gasteiger partial charge in [0.15, 0.2) is 16.6 Å². The summed E-state index contributed by atoms with van der Waals surface area (Å²) in [5, 5.41) is 15.7. The summed E-state index contributed by atoms with van der Waals surface area (Å²) in [6.45, 7) is 2.10. The van der Waals surface area contributed by atoms with Gasteiger partial charge in [-0.25, -0.2) is 4.98 Å². The molecule has 9 heteroatoms. The van der Waals surface area contributed by atoms with E-state index in [0.717, 1.165) is 0 Å². The second-order valence-corrected chi connectivity index (χ2v) is 4.90. The van der Waals surface area contributed by atoms with Crippen LogP contribution < -0.4 is 14.8 Å². The maximum Gasteiger partial charge on any atom is 0.286 e. The van der Waals surface area contributed by atoms with Crippen molar-refractivity contribution in [1.29, 1.82) is 0 Å². The van der Waals surface area contributed by atoms with E-state index in [1.807, 2.05) is 0 Å². The number of carbonyl (C=O) groups is 1. The summed E-state index contributed by atoms with van der Waals surface area (Å²) >= 11 is 1.21. The molecule has 8 nitrogen and oxygen atoms in total. The van der Waals surface area contributed by atoms with E-state index in [9.17, 15) is 14.9 Å². The number of hydrogen-bond acceptors (Lipinski definition) is 7. The Morgan fingerprint density at radius 1 is 1.45 bits per heavy atom. The standard InChI is InChI=1S/C13H13N3O5S/c1-3-21-11-6-8(9(16(18)19)7-10(11)20-2)12(17)15-13-14-4-5-22-13/h4-7H,3H2,1-2H3,(H,14,15,17). The Morgan fingerprint density at radius 2 is 2.23 bits per heavy atom. The molecule has 0 aliphatic heterocycles. The van der Waals surface area contributed by atoms with Crippen LogP contribution in [-0.4, -0.2) is 29.5 Å². The van der Waals surface area contributed by atoms with Crippen LogP contribution in [0.2, 0.25) is 0 Å². The number of ether oxygens (including phenoxy) is 2. The molecule has 0 saturated carbocycles. The predicted octanol–water partition coefficient (Wildman–Crippen LogP) is 2.71. The third-order valence-electron chi connectivity index (χ3n) is 2.68. The summed E-state index contributed by atoms with van der Waals surface area (Å²) in [5.41, 5.74) is -0.487. The van der Waals surface area contributed by atoms with Gasteiger partial charge in [0, 0.05) is 17.6 Å². The zero-order valence-corrected chi connectivity index (χ0v) is 12.7. The normalized spacial score (nSPS) is 10.1. The number of nitro groups is 1. The van der Waals surface area contributed by atoms with Crippen LogP contribution in [0.1, 0.15) is 17.3 Å². The van der Waals surface area contributed by atoms with Crippen molar-refractivity contribution >= 4 is 28.1 Å². The highest BCUT2D eigenvalue weighted by Gasteiger charge is 2.25. The Bertz CT molecular complexity index is 687. The lowest BCUT2D eigenvalue weighted by Gasteiger charge is -2.11. The van der Waals surface area contributed by atoms with Crippen molar-refractivity contribution in [3.63, 3.8) is 0 Å². The molecule has 2 aromatic rings. The van der Waals surface area contributed by atoms with Crippen molar-refractivity contribution in [2.24, 2.45) is 0 Å². The molecule has 1 N–H and O–H groups in total. The maximum atomic E-state index is 12.2. The van der Waals surface area contributed by atoms with Crippen molar-refractivity contribution < 1.29 is 19.2 Å². The van der Waals surface area contributed by atoms with E-state index in [1.54, 1.807) is 12.3 Å². The fourth-order valence-corrected chi connectivity index (χ4v) is 2.28. The van der Waals surface area contributed by atoms with Crippen molar-refractivity contribution in [2.45, 2.75) is 6.92 Å². The second-order valence-electron chi connectivity index (χ2n) is 4.00. The van der Waals surface area contributed by atoms with E-state index in [4.69, 9.17) is 9.47 Å². The molecule has 0 radical (unpaired) electrons. The number of rotatable bonds is 6. The van der Waals surface area contributed by atoms with Crippen molar-refractivity contribution in [2.75, 3.05) is 19.0 Å². The minimum absolute atomic E-state index is 0.121. The molecular formula is C13H13N3O5S. The quantitative estimate of drug-likeness (QED) is 0.647. The number of methoxy groups -OCH3 is 1. The van der Waals surface area contributed by atoms with E-state index >= 15 is 0 Å². The number of hydrogen-bond donors (Lipinski definition) is 1. The number of nitro benzene ring substituents is 1. The summed E-state index contributed by atoms with van der Waals surface area (Å²) in [7, 11) is 1.37. The Labute approximate surface area is 129 Å². The Hall–Kier alpha value is -2.68. The smallest absolute Gasteiger partial charge is 0.286 e. The first-order chi connectivity index (χ1) is 10.6. The van der Waals surface area contributed by atoms with Gasteiger partial charge in [-0.3, -0.25) is 20.2 Å². The van der Waals surface area contributed by atoms with Crippen LogP contribution in [0.15, 0.2) is 23.7 Å². The molecule has 0 saturated heterocycles. The topological polar surface area (TPSA) is 104 Å². The minimum Gasteiger partial charge on any atom is -0.493 e. The first-order valence-electron chi connectivity index (χ1n) is 6.26. The van der Waals surface area contributed by atoms with E-state index in [-0.39, 0.29) is 22.7 Å². The van der Waals surface area contributed by atoms with Crippen molar-refractivity contribution in [1.82, 2.24) is 4.98 Å². The van der Waals surface area contributed by atoms with E-state index in [0.29, 0.717) is 11.7 Å². The molecule has 0 aliphatic rings. The third-order valence-corrected chi connectivity index (χ3v) is 3.36. The fraction of sp³-hybridized carbons (Fsp3) is 0.231. The number of aromatic nitrogens is 1. The molecular weight excluding hydrogens is 310 g/mol. The number of thiazole rings is 1. The highest BCUT2D eigenvalue weighted by atomic mass is 32.1. The molecule has 1 aromatic heterocycles. The van der Waals surface area contributed by atoms with E-state index in [2.05, 4.69) is 10.3 Å². The molecule has 0 unspecified atom stereocenters. The summed E-state index contributed by atoms with van der Waals surface area (Å²) in [6, 6.07) is 2.46. The van der Waals surface area contributed by atoms with Gasteiger partial charge < -0.3 is 9.47 Å². The molecule has 1 heterocycles. The lowest BCUT2D eigenvalue weighted by molar-refractivity contribution is -0.385. The van der Waals surface area contributed by atoms with Crippen molar-refractivity contribution in [3.05, 3.63) is 39.4 Å². The van der Waals surface area contributed by atoms with Crippen LogP contribution in [0.25, 0.3) is 0 Å². The molecule has 0 bridgehead atoms. The zero-order valence-electron chi connectivity index (χ0n) is 11.9. The predicted molar refractivity (Wildman–Crippen MR) is 80.9 cm³/mol. The second kappa shape index (κ2) is 6.85. The summed E-state index contributed by atoms with van der Waals surface area (Å²) in [5.74, 6) is -0.176. The molecule has 0 aliphatic carbocycles. The van der Waals surface area contributed by atoms with Crippen molar-refractivity contribution in [3.8, 4) is 11.5 Å². The number of anilines is 1. The first kappa shape index (κ1) is 15.7. The van der Waals surface area contributed by atoms with Gasteiger partial charge >= 0.3 is 0 Å². The number of carbonyl (C=O) groups excluding carboxylic acids is 1. The number of nitrogens with one attached hydrogen (secondary N) is 1. The third kappa shape index (κ3) is 3.31. The van der Waals surface area contributed by atoms with Gasteiger partial charge in [-0.15, -0.1) is 11.3 Å². The molecule has 1 amide bonds. The van der Waals surface area contributed by atoms with Gasteiger partial charge in [0.1, 0.15) is 5.56 Å². The fourth-order valence-electron chi connectivity index (χ4n) is 1.76. The monoisotopic (exact) mass is 323 g/mol. The van der Waals surface area contributed by atoms with Gasteiger partial charge in [0.05, 0.1) is 24.7 Å². The largest absolute Gasteiger partial charge is 0.493 e. The van der Waals surface area contributed by atoms with Gasteiger partial charge in [0.2, 0.25) is 0 Å². The average Bonchev–Trinajstić information content (AvgIpc) is 2.99. The SMILES string of the molecule is CCOc1cc(C(=O)Nc2nccs2)c([N+](=O)[O-])cc1OC. The Kier molecular flexibility index (Phi) is 4.89. The Balaban J connectivity index is 2.44. The minimum atomic E-state index is -0.644. The molecule has 0 fully saturated rings. The Morgan fingerprint density at radius 3 is 2.77 bits per heavy atom. The molecule has 1 aromatic carbocycles. The van der Waals surface area contributed by atoms with Gasteiger partial charge in [0.25, 0.3) is 11.6 Å². The average molecular weight is 323 g/mol. The number of nitrogens with zero attached hydrogens (tertiary/aromatic N) is 2. The van der Waals surface area contributed by atoms with Crippen LogP contribution in [0.4, 0.5) is 10.8 Å². The van der Waals surface area contributed by atoms with Gasteiger partial charge in [-0.1, -0.05) is 0 Å². The summed E-state index contributed by atoms with van der Waals surface area (Å²) in [4.78, 5) is 26.7. The molecule has 0 spiro atoms. The highest BCUT2D eigenvalue weighted by molar-refractivity contribution is 7.13. The van der Waals surface area contributed by atoms with E-state index in [1.165, 1.54) is 36.8 Å². The highest BCUT2D eigenvalue weighted by Crippen LogP contribution is 2.35. The van der Waals surface area contributed by atoms with Crippen LogP contribution in [0.5, 0.6) is 11.5 Å². The first-order valence-corrected chi connectivity index (χ1v) is 7.14. The van der Waals surface area contributed by atoms with E-state index < -0.39 is 10.8 Å². The number of amides is 1. The van der Waals surface area contributed by atoms with Gasteiger partial charge in [-0.2, -0.15) is 0 Å². The lowest BCUT2D eigenvalue weighted by atomic mass is 10.1. The summed E-state index contributed by atoms with van der Waals surface area (Å²) in [6.07, 6.45) is 1.52. The summed E-state index contributed by atoms with van der Waals surface area (Å²) < 4.78 is 10.4. The maximum absolute atomic E-state index is 12.2. The molecule has 0 atom stereocenters. The zero-order chi connectivity index (χ0) is 16.1. The van der Waals surface area contributed by atoms with Crippen LogP contribution in [0, 0.1) is 10.1 Å². The van der Waals surface area contributed by atoms with Crippen LogP contribution in [0.3, 0.4) is 0 Å². The lowest BCUT2D eigenvalue weighted by Crippen LogP contribution is -2.14. The van der Waals surface area contributed by atoms with Gasteiger partial charge in [-0.05, 0) is 6.92 Å². The molecule has 2 rings (SSSR count). The molecule has 22 heavy (non-hydrogen) atoms. The van der Waals surface area contributed by atoms with Crippen LogP contribution >= 0.6 is 11.3 Å². The number of benzene rings is 1. The molecule has 116 valence electrons. The van der Waals surface area contributed by atoms with Crippen LogP contribution in [-0.2, 0) is 0 Å².